The number of rotatable bonds is 7. The highest BCUT2D eigenvalue weighted by Gasteiger charge is 2.38. The summed E-state index contributed by atoms with van der Waals surface area (Å²) in [6.07, 6.45) is 4.28. The molecule has 1 amide bonds. The van der Waals surface area contributed by atoms with Crippen molar-refractivity contribution in [2.24, 2.45) is 5.92 Å². The van der Waals surface area contributed by atoms with Gasteiger partial charge in [-0.1, -0.05) is 48.0 Å². The van der Waals surface area contributed by atoms with Gasteiger partial charge in [0.2, 0.25) is 15.9 Å². The van der Waals surface area contributed by atoms with Gasteiger partial charge in [-0.3, -0.25) is 4.79 Å². The van der Waals surface area contributed by atoms with Gasteiger partial charge in [-0.15, -0.1) is 0 Å². The zero-order valence-electron chi connectivity index (χ0n) is 17.7. The maximum atomic E-state index is 14.3. The van der Waals surface area contributed by atoms with Crippen molar-refractivity contribution in [1.29, 1.82) is 0 Å². The smallest absolute Gasteiger partial charge is 0.236 e. The lowest BCUT2D eigenvalue weighted by Gasteiger charge is -2.33. The van der Waals surface area contributed by atoms with E-state index in [4.69, 9.17) is 11.6 Å². The molecular weight excluding hydrogens is 451 g/mol. The molecule has 1 saturated carbocycles. The highest BCUT2D eigenvalue weighted by atomic mass is 35.5. The average Bonchev–Trinajstić information content (AvgIpc) is 3.63. The molecule has 8 heteroatoms. The van der Waals surface area contributed by atoms with Crippen LogP contribution in [0.5, 0.6) is 0 Å². The van der Waals surface area contributed by atoms with Crippen LogP contribution in [0.3, 0.4) is 0 Å². The van der Waals surface area contributed by atoms with Gasteiger partial charge in [0.25, 0.3) is 0 Å². The van der Waals surface area contributed by atoms with E-state index >= 15 is 0 Å². The summed E-state index contributed by atoms with van der Waals surface area (Å²) in [5, 5.41) is 1.54. The lowest BCUT2D eigenvalue weighted by Crippen LogP contribution is -2.44. The second-order valence-electron chi connectivity index (χ2n) is 8.33. The molecule has 1 saturated heterocycles. The molecule has 0 bridgehead atoms. The Labute approximate surface area is 193 Å². The van der Waals surface area contributed by atoms with Gasteiger partial charge in [-0.25, -0.2) is 12.8 Å². The Hall–Kier alpha value is -2.22. The van der Waals surface area contributed by atoms with E-state index < -0.39 is 15.8 Å². The molecule has 0 atom stereocenters. The van der Waals surface area contributed by atoms with Crippen molar-refractivity contribution >= 4 is 33.6 Å². The van der Waals surface area contributed by atoms with Crippen molar-refractivity contribution in [3.8, 4) is 0 Å². The number of halogens is 2. The molecule has 170 valence electrons. The highest BCUT2D eigenvalue weighted by Crippen LogP contribution is 2.34. The van der Waals surface area contributed by atoms with E-state index in [-0.39, 0.29) is 37.5 Å². The minimum absolute atomic E-state index is 0.0382. The third-order valence-corrected chi connectivity index (χ3v) is 7.98. The number of carbonyl (C=O) groups excluding carboxylic acids is 1. The normalized spacial score (nSPS) is 18.2. The first-order valence-electron chi connectivity index (χ1n) is 10.8. The summed E-state index contributed by atoms with van der Waals surface area (Å²) in [4.78, 5) is 15.0. The third kappa shape index (κ3) is 5.39. The number of benzene rings is 2. The fourth-order valence-corrected chi connectivity index (χ4v) is 5.48. The monoisotopic (exact) mass is 476 g/mol. The second kappa shape index (κ2) is 9.73. The van der Waals surface area contributed by atoms with Crippen LogP contribution in [0.2, 0.25) is 5.02 Å². The summed E-state index contributed by atoms with van der Waals surface area (Å²) in [5.41, 5.74) is 1.15. The van der Waals surface area contributed by atoms with Gasteiger partial charge in [0.1, 0.15) is 5.82 Å². The topological polar surface area (TPSA) is 57.7 Å². The first-order valence-corrected chi connectivity index (χ1v) is 12.7. The molecule has 32 heavy (non-hydrogen) atoms. The van der Waals surface area contributed by atoms with Crippen LogP contribution in [-0.2, 0) is 21.4 Å². The van der Waals surface area contributed by atoms with E-state index in [0.29, 0.717) is 23.4 Å². The van der Waals surface area contributed by atoms with Gasteiger partial charge in [-0.05, 0) is 49.5 Å². The number of hydrogen-bond donors (Lipinski definition) is 0. The summed E-state index contributed by atoms with van der Waals surface area (Å²) >= 11 is 6.17. The Kier molecular flexibility index (Phi) is 6.98. The molecule has 0 spiro atoms. The summed E-state index contributed by atoms with van der Waals surface area (Å²) < 4.78 is 41.1. The fourth-order valence-electron chi connectivity index (χ4n) is 4.03. The molecule has 2 aromatic rings. The predicted octanol–water partition coefficient (Wildman–Crippen LogP) is 4.68. The minimum atomic E-state index is -3.55. The van der Waals surface area contributed by atoms with E-state index in [0.717, 1.165) is 18.4 Å². The summed E-state index contributed by atoms with van der Waals surface area (Å²) in [6, 6.07) is 13.9. The quantitative estimate of drug-likeness (QED) is 0.583. The molecule has 4 rings (SSSR count). The SMILES string of the molecule is O=C(C1CCN(S(=O)(=O)/C=C/c2ccccc2)CC1)N(Cc1c(F)cccc1Cl)C1CC1. The van der Waals surface area contributed by atoms with Crippen molar-refractivity contribution in [3.05, 3.63) is 75.9 Å². The van der Waals surface area contributed by atoms with Crippen LogP contribution in [-0.4, -0.2) is 42.7 Å². The standard InChI is InChI=1S/C24H26ClFN2O3S/c25-22-7-4-8-23(26)21(22)17-28(20-9-10-20)24(29)19-11-14-27(15-12-19)32(30,31)16-13-18-5-2-1-3-6-18/h1-8,13,16,19-20H,9-12,14-15,17H2/b16-13+. The fraction of sp³-hybridized carbons (Fsp3) is 0.375. The van der Waals surface area contributed by atoms with E-state index in [9.17, 15) is 17.6 Å². The summed E-state index contributed by atoms with van der Waals surface area (Å²) in [6.45, 7) is 0.723. The Bertz CT molecular complexity index is 1080. The molecule has 2 fully saturated rings. The first kappa shape index (κ1) is 23.0. The number of sulfonamides is 1. The highest BCUT2D eigenvalue weighted by molar-refractivity contribution is 7.92. The van der Waals surface area contributed by atoms with Crippen molar-refractivity contribution in [2.45, 2.75) is 38.3 Å². The number of amides is 1. The number of nitrogens with zero attached hydrogens (tertiary/aromatic N) is 2. The van der Waals surface area contributed by atoms with Gasteiger partial charge in [0.05, 0.1) is 6.54 Å². The van der Waals surface area contributed by atoms with E-state index in [1.165, 1.54) is 15.8 Å². The Balaban J connectivity index is 1.39. The summed E-state index contributed by atoms with van der Waals surface area (Å²) in [5.74, 6) is -0.725. The van der Waals surface area contributed by atoms with Gasteiger partial charge in [-0.2, -0.15) is 4.31 Å². The van der Waals surface area contributed by atoms with E-state index in [1.54, 1.807) is 23.1 Å². The van der Waals surface area contributed by atoms with Crippen molar-refractivity contribution in [3.63, 3.8) is 0 Å². The molecule has 1 aliphatic carbocycles. The van der Waals surface area contributed by atoms with Crippen LogP contribution in [0, 0.1) is 11.7 Å². The molecule has 2 aromatic carbocycles. The summed E-state index contributed by atoms with van der Waals surface area (Å²) in [7, 11) is -3.55. The largest absolute Gasteiger partial charge is 0.335 e. The molecule has 0 N–H and O–H groups in total. The maximum absolute atomic E-state index is 14.3. The maximum Gasteiger partial charge on any atom is 0.236 e. The first-order chi connectivity index (χ1) is 15.3. The molecule has 2 aliphatic rings. The zero-order valence-corrected chi connectivity index (χ0v) is 19.2. The lowest BCUT2D eigenvalue weighted by molar-refractivity contribution is -0.138. The minimum Gasteiger partial charge on any atom is -0.335 e. The molecule has 1 aliphatic heterocycles. The predicted molar refractivity (Wildman–Crippen MR) is 124 cm³/mol. The molecule has 1 heterocycles. The van der Waals surface area contributed by atoms with Crippen molar-refractivity contribution < 1.29 is 17.6 Å². The van der Waals surface area contributed by atoms with E-state index in [2.05, 4.69) is 0 Å². The molecule has 5 nitrogen and oxygen atoms in total. The number of piperidine rings is 1. The van der Waals surface area contributed by atoms with Crippen LogP contribution in [0.15, 0.2) is 53.9 Å². The van der Waals surface area contributed by atoms with Gasteiger partial charge < -0.3 is 4.90 Å². The Morgan fingerprint density at radius 1 is 1.06 bits per heavy atom. The number of hydrogen-bond acceptors (Lipinski definition) is 3. The van der Waals surface area contributed by atoms with Gasteiger partial charge in [0.15, 0.2) is 0 Å². The number of carbonyl (C=O) groups is 1. The lowest BCUT2D eigenvalue weighted by atomic mass is 9.96. The van der Waals surface area contributed by atoms with Crippen LogP contribution >= 0.6 is 11.6 Å². The van der Waals surface area contributed by atoms with Gasteiger partial charge >= 0.3 is 0 Å². The molecule has 0 aromatic heterocycles. The zero-order chi connectivity index (χ0) is 22.7. The van der Waals surface area contributed by atoms with Crippen molar-refractivity contribution in [1.82, 2.24) is 9.21 Å². The van der Waals surface area contributed by atoms with Crippen LogP contribution in [0.4, 0.5) is 4.39 Å². The van der Waals surface area contributed by atoms with E-state index in [1.807, 2.05) is 30.3 Å². The Morgan fingerprint density at radius 2 is 1.75 bits per heavy atom. The van der Waals surface area contributed by atoms with Crippen LogP contribution in [0.1, 0.15) is 36.8 Å². The molecular formula is C24H26ClFN2O3S. The van der Waals surface area contributed by atoms with Crippen LogP contribution in [0.25, 0.3) is 6.08 Å². The third-order valence-electron chi connectivity index (χ3n) is 6.06. The molecule has 0 radical (unpaired) electrons. The molecule has 0 unspecified atom stereocenters. The van der Waals surface area contributed by atoms with Gasteiger partial charge in [0, 0.05) is 41.0 Å². The average molecular weight is 477 g/mol. The van der Waals surface area contributed by atoms with Crippen molar-refractivity contribution in [2.75, 3.05) is 13.1 Å². The second-order valence-corrected chi connectivity index (χ2v) is 10.6. The Morgan fingerprint density at radius 3 is 2.38 bits per heavy atom. The van der Waals surface area contributed by atoms with Crippen LogP contribution < -0.4 is 0 Å².